The van der Waals surface area contributed by atoms with Crippen molar-refractivity contribution in [1.29, 1.82) is 0 Å². The maximum Gasteiger partial charge on any atom is 0.269 e. The van der Waals surface area contributed by atoms with E-state index in [1.54, 1.807) is 18.5 Å². The molecule has 3 heterocycles. The second-order valence-corrected chi connectivity index (χ2v) is 5.30. The zero-order valence-corrected chi connectivity index (χ0v) is 12.7. The van der Waals surface area contributed by atoms with Crippen LogP contribution in [0.5, 0.6) is 0 Å². The van der Waals surface area contributed by atoms with Crippen molar-refractivity contribution < 1.29 is 4.79 Å². The third-order valence-corrected chi connectivity index (χ3v) is 3.78. The Labute approximate surface area is 138 Å². The van der Waals surface area contributed by atoms with Crippen molar-refractivity contribution in [3.05, 3.63) is 60.6 Å². The van der Waals surface area contributed by atoms with Crippen LogP contribution in [-0.4, -0.2) is 27.5 Å². The first-order valence-corrected chi connectivity index (χ1v) is 7.43. The topological polar surface area (TPSA) is 97.0 Å². The lowest BCUT2D eigenvalue weighted by Gasteiger charge is -2.17. The SMILES string of the molecule is NC(=O)c1nc(-c2cccnc2)nc2c1NCN2c1ccccc1. The third kappa shape index (κ3) is 2.32. The maximum absolute atomic E-state index is 11.8. The second kappa shape index (κ2) is 5.62. The molecule has 0 saturated heterocycles. The molecule has 0 unspecified atom stereocenters. The van der Waals surface area contributed by atoms with E-state index in [0.29, 0.717) is 24.0 Å². The fraction of sp³-hybridized carbons (Fsp3) is 0.0588. The Morgan fingerprint density at radius 2 is 1.96 bits per heavy atom. The van der Waals surface area contributed by atoms with E-state index in [1.165, 1.54) is 0 Å². The van der Waals surface area contributed by atoms with Crippen molar-refractivity contribution in [1.82, 2.24) is 15.0 Å². The summed E-state index contributed by atoms with van der Waals surface area (Å²) in [6.45, 7) is 0.491. The van der Waals surface area contributed by atoms with Crippen LogP contribution in [0, 0.1) is 0 Å². The molecule has 118 valence electrons. The number of pyridine rings is 1. The molecule has 0 saturated carbocycles. The summed E-state index contributed by atoms with van der Waals surface area (Å²) in [6.07, 6.45) is 3.32. The molecule has 24 heavy (non-hydrogen) atoms. The van der Waals surface area contributed by atoms with E-state index in [0.717, 1.165) is 11.3 Å². The van der Waals surface area contributed by atoms with Gasteiger partial charge in [-0.15, -0.1) is 0 Å². The van der Waals surface area contributed by atoms with Crippen LogP contribution >= 0.6 is 0 Å². The Morgan fingerprint density at radius 1 is 1.12 bits per heavy atom. The van der Waals surface area contributed by atoms with Gasteiger partial charge in [0.15, 0.2) is 17.3 Å². The number of primary amides is 1. The normalized spacial score (nSPS) is 12.6. The van der Waals surface area contributed by atoms with Crippen molar-refractivity contribution in [2.24, 2.45) is 5.73 Å². The number of amides is 1. The molecule has 7 heteroatoms. The standard InChI is InChI=1S/C17H14N6O/c18-15(24)13-14-17(22-16(21-13)11-5-4-8-19-9-11)23(10-20-14)12-6-2-1-3-7-12/h1-9,20H,10H2,(H2,18,24). The van der Waals surface area contributed by atoms with Gasteiger partial charge in [0, 0.05) is 23.6 Å². The van der Waals surface area contributed by atoms with Gasteiger partial charge in [0.25, 0.3) is 5.91 Å². The predicted octanol–water partition coefficient (Wildman–Crippen LogP) is 2.16. The summed E-state index contributed by atoms with van der Waals surface area (Å²) in [5, 5.41) is 3.16. The van der Waals surface area contributed by atoms with E-state index in [2.05, 4.69) is 20.3 Å². The molecule has 7 nitrogen and oxygen atoms in total. The lowest BCUT2D eigenvalue weighted by Crippen LogP contribution is -2.17. The van der Waals surface area contributed by atoms with Gasteiger partial charge in [-0.05, 0) is 24.3 Å². The van der Waals surface area contributed by atoms with Crippen LogP contribution in [0.25, 0.3) is 11.4 Å². The van der Waals surface area contributed by atoms with Crippen LogP contribution in [0.3, 0.4) is 0 Å². The zero-order chi connectivity index (χ0) is 16.5. The largest absolute Gasteiger partial charge is 0.364 e. The molecule has 3 N–H and O–H groups in total. The molecule has 1 aromatic carbocycles. The molecule has 0 radical (unpaired) electrons. The number of hydrogen-bond acceptors (Lipinski definition) is 6. The number of nitrogens with two attached hydrogens (primary N) is 1. The number of para-hydroxylation sites is 1. The van der Waals surface area contributed by atoms with Gasteiger partial charge in [0.1, 0.15) is 5.69 Å². The molecular formula is C17H14N6O. The lowest BCUT2D eigenvalue weighted by atomic mass is 10.2. The molecule has 2 aromatic heterocycles. The van der Waals surface area contributed by atoms with Gasteiger partial charge in [-0.1, -0.05) is 18.2 Å². The molecule has 0 aliphatic carbocycles. The minimum Gasteiger partial charge on any atom is -0.364 e. The Hall–Kier alpha value is -3.48. The Balaban J connectivity index is 1.89. The monoisotopic (exact) mass is 318 g/mol. The number of fused-ring (bicyclic) bond motifs is 1. The van der Waals surface area contributed by atoms with Crippen molar-refractivity contribution >= 4 is 23.1 Å². The van der Waals surface area contributed by atoms with Crippen molar-refractivity contribution in [2.75, 3.05) is 16.9 Å². The first-order valence-electron chi connectivity index (χ1n) is 7.43. The summed E-state index contributed by atoms with van der Waals surface area (Å²) in [6, 6.07) is 13.4. The molecular weight excluding hydrogens is 304 g/mol. The Bertz CT molecular complexity index is 898. The fourth-order valence-electron chi connectivity index (χ4n) is 2.66. The molecule has 0 bridgehead atoms. The van der Waals surface area contributed by atoms with Crippen molar-refractivity contribution in [3.8, 4) is 11.4 Å². The Morgan fingerprint density at radius 3 is 2.67 bits per heavy atom. The van der Waals surface area contributed by atoms with Gasteiger partial charge in [-0.25, -0.2) is 9.97 Å². The van der Waals surface area contributed by atoms with Crippen LogP contribution in [0.1, 0.15) is 10.5 Å². The number of nitrogens with one attached hydrogen (secondary N) is 1. The van der Waals surface area contributed by atoms with Gasteiger partial charge in [-0.3, -0.25) is 9.78 Å². The number of carbonyl (C=O) groups is 1. The van der Waals surface area contributed by atoms with Gasteiger partial charge >= 0.3 is 0 Å². The van der Waals surface area contributed by atoms with E-state index in [1.807, 2.05) is 41.3 Å². The average Bonchev–Trinajstić information content (AvgIpc) is 3.06. The molecule has 0 atom stereocenters. The smallest absolute Gasteiger partial charge is 0.269 e. The second-order valence-electron chi connectivity index (χ2n) is 5.30. The highest BCUT2D eigenvalue weighted by Gasteiger charge is 2.28. The summed E-state index contributed by atoms with van der Waals surface area (Å²) in [7, 11) is 0. The summed E-state index contributed by atoms with van der Waals surface area (Å²) in [4.78, 5) is 26.9. The van der Waals surface area contributed by atoms with E-state index >= 15 is 0 Å². The molecule has 0 fully saturated rings. The maximum atomic E-state index is 11.8. The van der Waals surface area contributed by atoms with E-state index < -0.39 is 5.91 Å². The number of anilines is 3. The highest BCUT2D eigenvalue weighted by atomic mass is 16.1. The zero-order valence-electron chi connectivity index (χ0n) is 12.7. The number of nitrogens with zero attached hydrogens (tertiary/aromatic N) is 4. The first-order chi connectivity index (χ1) is 11.7. The molecule has 1 amide bonds. The summed E-state index contributed by atoms with van der Waals surface area (Å²) in [5.74, 6) is 0.449. The minimum atomic E-state index is -0.596. The van der Waals surface area contributed by atoms with Gasteiger partial charge in [0.2, 0.25) is 0 Å². The van der Waals surface area contributed by atoms with Gasteiger partial charge < -0.3 is 16.0 Å². The molecule has 1 aliphatic rings. The summed E-state index contributed by atoms with van der Waals surface area (Å²) >= 11 is 0. The van der Waals surface area contributed by atoms with E-state index in [9.17, 15) is 4.79 Å². The average molecular weight is 318 g/mol. The number of carbonyl (C=O) groups excluding carboxylic acids is 1. The van der Waals surface area contributed by atoms with Crippen molar-refractivity contribution in [3.63, 3.8) is 0 Å². The number of aromatic nitrogens is 3. The minimum absolute atomic E-state index is 0.178. The van der Waals surface area contributed by atoms with Crippen LogP contribution in [0.2, 0.25) is 0 Å². The van der Waals surface area contributed by atoms with Crippen LogP contribution in [0.15, 0.2) is 54.9 Å². The molecule has 0 spiro atoms. The Kier molecular flexibility index (Phi) is 3.31. The van der Waals surface area contributed by atoms with Crippen LogP contribution in [0.4, 0.5) is 17.2 Å². The van der Waals surface area contributed by atoms with Crippen molar-refractivity contribution in [2.45, 2.75) is 0 Å². The molecule has 1 aliphatic heterocycles. The highest BCUT2D eigenvalue weighted by Crippen LogP contribution is 2.37. The number of hydrogen-bond donors (Lipinski definition) is 2. The van der Waals surface area contributed by atoms with E-state index in [4.69, 9.17) is 5.73 Å². The van der Waals surface area contributed by atoms with Crippen LogP contribution in [-0.2, 0) is 0 Å². The molecule has 3 aromatic rings. The summed E-state index contributed by atoms with van der Waals surface area (Å²) in [5.41, 5.74) is 7.94. The summed E-state index contributed by atoms with van der Waals surface area (Å²) < 4.78 is 0. The van der Waals surface area contributed by atoms with Crippen LogP contribution < -0.4 is 16.0 Å². The predicted molar refractivity (Wildman–Crippen MR) is 90.9 cm³/mol. The third-order valence-electron chi connectivity index (χ3n) is 3.78. The quantitative estimate of drug-likeness (QED) is 0.768. The van der Waals surface area contributed by atoms with E-state index in [-0.39, 0.29) is 5.69 Å². The fourth-order valence-corrected chi connectivity index (χ4v) is 2.66. The lowest BCUT2D eigenvalue weighted by molar-refractivity contribution is 0.0996. The number of benzene rings is 1. The van der Waals surface area contributed by atoms with Gasteiger partial charge in [0.05, 0.1) is 6.67 Å². The highest BCUT2D eigenvalue weighted by molar-refractivity contribution is 6.01. The molecule has 4 rings (SSSR count). The van der Waals surface area contributed by atoms with Gasteiger partial charge in [-0.2, -0.15) is 0 Å². The number of rotatable bonds is 3. The first kappa shape index (κ1) is 14.1.